The van der Waals surface area contributed by atoms with Crippen LogP contribution in [-0.2, 0) is 17.7 Å². The number of nitrogens with zero attached hydrogens (tertiary/aromatic N) is 2. The minimum atomic E-state index is -0.365. The Bertz CT molecular complexity index is 1300. The molecule has 0 atom stereocenters. The number of carbonyl (C=O) groups excluding carboxylic acids is 1. The van der Waals surface area contributed by atoms with Crippen LogP contribution in [0, 0.1) is 18.3 Å². The second-order valence-electron chi connectivity index (χ2n) is 7.43. The van der Waals surface area contributed by atoms with Crippen molar-refractivity contribution >= 4 is 40.1 Å². The van der Waals surface area contributed by atoms with Gasteiger partial charge in [0.15, 0.2) is 0 Å². The summed E-state index contributed by atoms with van der Waals surface area (Å²) >= 11 is 2.79. The van der Waals surface area contributed by atoms with Crippen molar-refractivity contribution < 1.29 is 9.53 Å². The lowest BCUT2D eigenvalue weighted by molar-refractivity contribution is 0.105. The van der Waals surface area contributed by atoms with Gasteiger partial charge in [-0.25, -0.2) is 0 Å². The molecule has 0 radical (unpaired) electrons. The number of methoxy groups -OCH3 is 1. The molecule has 0 bridgehead atoms. The third-order valence-corrected chi connectivity index (χ3v) is 7.06. The van der Waals surface area contributed by atoms with Crippen LogP contribution < -0.4 is 14.8 Å². The van der Waals surface area contributed by atoms with Gasteiger partial charge in [0.2, 0.25) is 5.78 Å². The maximum Gasteiger partial charge on any atom is 0.269 e. The van der Waals surface area contributed by atoms with E-state index in [0.717, 1.165) is 28.2 Å². The van der Waals surface area contributed by atoms with Gasteiger partial charge in [0, 0.05) is 35.6 Å². The summed E-state index contributed by atoms with van der Waals surface area (Å²) < 4.78 is 7.58. The molecule has 166 valence electrons. The van der Waals surface area contributed by atoms with Crippen molar-refractivity contribution in [3.05, 3.63) is 76.8 Å². The van der Waals surface area contributed by atoms with Gasteiger partial charge in [-0.3, -0.25) is 14.2 Å². The lowest BCUT2D eigenvalue weighted by Gasteiger charge is -2.04. The fourth-order valence-electron chi connectivity index (χ4n) is 3.39. The van der Waals surface area contributed by atoms with Crippen molar-refractivity contribution in [2.24, 2.45) is 0 Å². The van der Waals surface area contributed by atoms with Crippen molar-refractivity contribution in [3.8, 4) is 6.07 Å². The summed E-state index contributed by atoms with van der Waals surface area (Å²) in [5, 5.41) is 9.89. The van der Waals surface area contributed by atoms with E-state index in [-0.39, 0.29) is 16.9 Å². The Hall–Kier alpha value is -2.79. The molecule has 32 heavy (non-hydrogen) atoms. The minimum Gasteiger partial charge on any atom is -0.385 e. The van der Waals surface area contributed by atoms with E-state index in [4.69, 9.17) is 4.74 Å². The van der Waals surface area contributed by atoms with Gasteiger partial charge in [-0.2, -0.15) is 5.26 Å². The number of ketones is 1. The number of Topliss-reactive ketones (excluding diaryl/α,β-unsaturated/α-hetero) is 1. The minimum absolute atomic E-state index is 0.00484. The van der Waals surface area contributed by atoms with Crippen molar-refractivity contribution in [2.45, 2.75) is 39.7 Å². The van der Waals surface area contributed by atoms with Crippen LogP contribution >= 0.6 is 22.7 Å². The first-order chi connectivity index (χ1) is 15.5. The van der Waals surface area contributed by atoms with Crippen LogP contribution in [0.15, 0.2) is 41.2 Å². The first-order valence-electron chi connectivity index (χ1n) is 10.5. The van der Waals surface area contributed by atoms with Crippen LogP contribution in [0.4, 0.5) is 0 Å². The van der Waals surface area contributed by atoms with Crippen LogP contribution in [0.2, 0.25) is 0 Å². The van der Waals surface area contributed by atoms with Gasteiger partial charge in [0.1, 0.15) is 16.3 Å². The molecule has 2 heterocycles. The van der Waals surface area contributed by atoms with Gasteiger partial charge >= 0.3 is 0 Å². The first-order valence-corrected chi connectivity index (χ1v) is 12.2. The number of nitriles is 1. The molecule has 0 aliphatic rings. The van der Waals surface area contributed by atoms with Crippen LogP contribution in [0.3, 0.4) is 0 Å². The molecule has 0 amide bonds. The number of carbonyl (C=O) groups is 1. The number of ether oxygens (including phenoxy) is 1. The maximum absolute atomic E-state index is 13.2. The molecule has 3 aromatic rings. The highest BCUT2D eigenvalue weighted by Gasteiger charge is 2.17. The molecular weight excluding hydrogens is 440 g/mol. The van der Waals surface area contributed by atoms with Gasteiger partial charge in [-0.1, -0.05) is 37.6 Å². The predicted molar refractivity (Wildman–Crippen MR) is 131 cm³/mol. The Kier molecular flexibility index (Phi) is 8.34. The third kappa shape index (κ3) is 5.52. The maximum atomic E-state index is 13.2. The Morgan fingerprint density at radius 3 is 2.53 bits per heavy atom. The van der Waals surface area contributed by atoms with Gasteiger partial charge in [-0.15, -0.1) is 22.7 Å². The molecule has 0 saturated heterocycles. The number of benzene rings is 1. The quantitative estimate of drug-likeness (QED) is 0.356. The fraction of sp³-hybridized carbons (Fsp3) is 0.320. The standard InChI is InChI=1S/C25H26N2O3S2/c1-4-6-18-8-10-19(11-9-18)23(28)21(16-26)25-27(13-5-14-30-3)24(29)22(32-25)15-20-12-7-17(2)31-20/h7-12,15H,4-6,13-14H2,1-3H3/b22-15-,25-21-. The van der Waals surface area contributed by atoms with E-state index in [1.807, 2.05) is 37.3 Å². The van der Waals surface area contributed by atoms with E-state index in [9.17, 15) is 14.9 Å². The molecular formula is C25H26N2O3S2. The highest BCUT2D eigenvalue weighted by molar-refractivity contribution is 7.13. The number of aryl methyl sites for hydroxylation is 2. The number of aromatic nitrogens is 1. The van der Waals surface area contributed by atoms with E-state index in [1.54, 1.807) is 30.6 Å². The zero-order valence-electron chi connectivity index (χ0n) is 18.5. The average Bonchev–Trinajstić information content (AvgIpc) is 3.33. The highest BCUT2D eigenvalue weighted by atomic mass is 32.1. The smallest absolute Gasteiger partial charge is 0.269 e. The van der Waals surface area contributed by atoms with Crippen molar-refractivity contribution in [2.75, 3.05) is 13.7 Å². The summed E-state index contributed by atoms with van der Waals surface area (Å²) in [6, 6.07) is 13.4. The lowest BCUT2D eigenvalue weighted by Crippen LogP contribution is -2.33. The Morgan fingerprint density at radius 1 is 1.19 bits per heavy atom. The average molecular weight is 467 g/mol. The van der Waals surface area contributed by atoms with E-state index < -0.39 is 0 Å². The van der Waals surface area contributed by atoms with E-state index in [0.29, 0.717) is 34.3 Å². The molecule has 1 aromatic carbocycles. The van der Waals surface area contributed by atoms with Gasteiger partial charge in [-0.05, 0) is 43.5 Å². The summed E-state index contributed by atoms with van der Waals surface area (Å²) in [7, 11) is 1.61. The molecule has 5 nitrogen and oxygen atoms in total. The van der Waals surface area contributed by atoms with Crippen LogP contribution in [0.1, 0.15) is 45.4 Å². The Labute approximate surface area is 195 Å². The summed E-state index contributed by atoms with van der Waals surface area (Å²) in [6.45, 7) is 4.98. The number of hydrogen-bond acceptors (Lipinski definition) is 6. The molecule has 2 aromatic heterocycles. The monoisotopic (exact) mass is 466 g/mol. The van der Waals surface area contributed by atoms with Gasteiger partial charge < -0.3 is 4.74 Å². The van der Waals surface area contributed by atoms with Crippen molar-refractivity contribution in [1.29, 1.82) is 5.26 Å². The highest BCUT2D eigenvalue weighted by Crippen LogP contribution is 2.15. The molecule has 0 fully saturated rings. The summed E-state index contributed by atoms with van der Waals surface area (Å²) in [6.07, 6.45) is 4.40. The number of rotatable bonds is 9. The second-order valence-corrected chi connectivity index (χ2v) is 9.78. The summed E-state index contributed by atoms with van der Waals surface area (Å²) in [5.74, 6) is -0.365. The largest absolute Gasteiger partial charge is 0.385 e. The topological polar surface area (TPSA) is 72.1 Å². The number of thiazole rings is 1. The summed E-state index contributed by atoms with van der Waals surface area (Å²) in [5.41, 5.74) is 1.41. The van der Waals surface area contributed by atoms with E-state index in [1.165, 1.54) is 15.9 Å². The fourth-order valence-corrected chi connectivity index (χ4v) is 5.40. The molecule has 7 heteroatoms. The normalized spacial score (nSPS) is 12.6. The van der Waals surface area contributed by atoms with Crippen molar-refractivity contribution in [1.82, 2.24) is 4.57 Å². The van der Waals surface area contributed by atoms with Gasteiger partial charge in [0.05, 0.1) is 4.53 Å². The Morgan fingerprint density at radius 2 is 1.94 bits per heavy atom. The second kappa shape index (κ2) is 11.2. The molecule has 0 aliphatic carbocycles. The van der Waals surface area contributed by atoms with Gasteiger partial charge in [0.25, 0.3) is 5.56 Å². The lowest BCUT2D eigenvalue weighted by atomic mass is 10.0. The summed E-state index contributed by atoms with van der Waals surface area (Å²) in [4.78, 5) is 28.5. The molecule has 3 rings (SSSR count). The molecule has 0 aliphatic heterocycles. The van der Waals surface area contributed by atoms with Crippen LogP contribution in [0.5, 0.6) is 0 Å². The molecule has 0 saturated carbocycles. The zero-order valence-corrected chi connectivity index (χ0v) is 20.1. The molecule has 0 spiro atoms. The SMILES string of the molecule is CCCc1ccc(C(=O)/C(C#N)=c2\s/c(=C\c3ccc(C)s3)c(=O)n2CCCOC)cc1. The van der Waals surface area contributed by atoms with E-state index >= 15 is 0 Å². The third-order valence-electron chi connectivity index (χ3n) is 4.98. The number of thiophene rings is 1. The van der Waals surface area contributed by atoms with E-state index in [2.05, 4.69) is 13.0 Å². The predicted octanol–water partition coefficient (Wildman–Crippen LogP) is 3.65. The molecule has 0 unspecified atom stereocenters. The first kappa shape index (κ1) is 23.9. The van der Waals surface area contributed by atoms with Crippen molar-refractivity contribution in [3.63, 3.8) is 0 Å². The molecule has 0 N–H and O–H groups in total. The van der Waals surface area contributed by atoms with Crippen LogP contribution in [-0.4, -0.2) is 24.1 Å². The number of hydrogen-bond donors (Lipinski definition) is 0. The van der Waals surface area contributed by atoms with Crippen LogP contribution in [0.25, 0.3) is 11.6 Å². The Balaban J connectivity index is 2.15. The zero-order chi connectivity index (χ0) is 23.1.